The summed E-state index contributed by atoms with van der Waals surface area (Å²) in [6.45, 7) is -2.14. The lowest BCUT2D eigenvalue weighted by molar-refractivity contribution is -0.289. The zero-order valence-electron chi connectivity index (χ0n) is 24.7. The summed E-state index contributed by atoms with van der Waals surface area (Å²) in [4.78, 5) is 12.6. The molecule has 2 aromatic carbocycles. The van der Waals surface area contributed by atoms with Crippen molar-refractivity contribution in [2.45, 2.75) is 54.8 Å². The fourth-order valence-corrected chi connectivity index (χ4v) is 4.72. The molecule has 2 fully saturated rings. The van der Waals surface area contributed by atoms with Crippen LogP contribution in [0.1, 0.15) is 22.0 Å². The number of hydrogen-bond acceptors (Lipinski definition) is 16. The van der Waals surface area contributed by atoms with Gasteiger partial charge in [0, 0.05) is 0 Å². The molecule has 4 rings (SSSR count). The van der Waals surface area contributed by atoms with Gasteiger partial charge in [0.1, 0.15) is 43.2 Å². The molecule has 0 amide bonds. The van der Waals surface area contributed by atoms with Gasteiger partial charge in [-0.15, -0.1) is 0 Å². The molecule has 0 bridgehead atoms. The molecule has 2 aliphatic heterocycles. The minimum atomic E-state index is -2.05. The second kappa shape index (κ2) is 14.9. The molecule has 9 atom stereocenters. The van der Waals surface area contributed by atoms with E-state index in [9.17, 15) is 40.5 Å². The molecule has 2 heterocycles. The van der Waals surface area contributed by atoms with Gasteiger partial charge in [0.2, 0.25) is 6.29 Å². The molecule has 0 aliphatic carbocycles. The number of carbonyl (C=O) groups is 1. The number of rotatable bonds is 13. The molecule has 2 aliphatic rings. The third-order valence-electron chi connectivity index (χ3n) is 7.46. The van der Waals surface area contributed by atoms with Crippen molar-refractivity contribution in [2.24, 2.45) is 0 Å². The maximum absolute atomic E-state index is 12.6. The Bertz CT molecular complexity index is 1290. The van der Waals surface area contributed by atoms with Crippen LogP contribution in [0.3, 0.4) is 0 Å². The Morgan fingerprint density at radius 2 is 1.58 bits per heavy atom. The number of esters is 1. The van der Waals surface area contributed by atoms with Gasteiger partial charge in [0.25, 0.3) is 0 Å². The van der Waals surface area contributed by atoms with Crippen LogP contribution in [0.2, 0.25) is 0 Å². The van der Waals surface area contributed by atoms with E-state index in [0.29, 0.717) is 11.3 Å². The molecular weight excluding hydrogens is 604 g/mol. The first kappa shape index (κ1) is 34.6. The van der Waals surface area contributed by atoms with Gasteiger partial charge in [-0.1, -0.05) is 6.07 Å². The van der Waals surface area contributed by atoms with Gasteiger partial charge in [-0.25, -0.2) is 4.79 Å². The average molecular weight is 643 g/mol. The predicted octanol–water partition coefficient (Wildman–Crippen LogP) is -1.75. The molecule has 16 nitrogen and oxygen atoms in total. The summed E-state index contributed by atoms with van der Waals surface area (Å²) in [7, 11) is 4.17. The Balaban J connectivity index is 1.35. The summed E-state index contributed by atoms with van der Waals surface area (Å²) in [5, 5.41) is 72.2. The van der Waals surface area contributed by atoms with Crippen LogP contribution in [0, 0.1) is 0 Å². The van der Waals surface area contributed by atoms with E-state index in [1.807, 2.05) is 0 Å². The highest BCUT2D eigenvalue weighted by Crippen LogP contribution is 2.34. The Morgan fingerprint density at radius 1 is 0.911 bits per heavy atom. The molecule has 0 spiro atoms. The Labute approximate surface area is 257 Å². The van der Waals surface area contributed by atoms with Gasteiger partial charge in [-0.2, -0.15) is 0 Å². The molecule has 2 aromatic rings. The quantitative estimate of drug-likeness (QED) is 0.120. The second-order valence-corrected chi connectivity index (χ2v) is 10.4. The van der Waals surface area contributed by atoms with Crippen LogP contribution in [0.15, 0.2) is 36.4 Å². The Hall–Kier alpha value is -3.29. The molecule has 0 aromatic heterocycles. The van der Waals surface area contributed by atoms with Crippen molar-refractivity contribution in [2.75, 3.05) is 47.8 Å². The smallest absolute Gasteiger partial charge is 0.338 e. The van der Waals surface area contributed by atoms with Crippen LogP contribution in [-0.4, -0.2) is 138 Å². The van der Waals surface area contributed by atoms with Gasteiger partial charge >= 0.3 is 5.97 Å². The van der Waals surface area contributed by atoms with Gasteiger partial charge in [-0.05, 0) is 35.9 Å². The highest BCUT2D eigenvalue weighted by atomic mass is 16.7. The van der Waals surface area contributed by atoms with Crippen molar-refractivity contribution >= 4 is 5.97 Å². The monoisotopic (exact) mass is 642 g/mol. The molecule has 250 valence electrons. The van der Waals surface area contributed by atoms with Crippen molar-refractivity contribution in [3.05, 3.63) is 47.5 Å². The summed E-state index contributed by atoms with van der Waals surface area (Å²) in [5.74, 6) is 0.0520. The number of ether oxygens (including phenoxy) is 8. The highest BCUT2D eigenvalue weighted by molar-refractivity contribution is 5.90. The lowest BCUT2D eigenvalue weighted by Gasteiger charge is -2.40. The maximum atomic E-state index is 12.6. The molecule has 45 heavy (non-hydrogen) atoms. The molecular formula is C29H38O16. The largest absolute Gasteiger partial charge is 0.493 e. The first-order valence-electron chi connectivity index (χ1n) is 13.8. The van der Waals surface area contributed by atoms with Crippen molar-refractivity contribution in [1.82, 2.24) is 0 Å². The van der Waals surface area contributed by atoms with Gasteiger partial charge in [0.05, 0.1) is 46.7 Å². The summed E-state index contributed by atoms with van der Waals surface area (Å²) in [6.07, 6.45) is -12.2. The lowest BCUT2D eigenvalue weighted by Crippen LogP contribution is -2.60. The number of aliphatic hydroxyl groups excluding tert-OH is 6. The zero-order valence-corrected chi connectivity index (χ0v) is 24.7. The minimum absolute atomic E-state index is 0.0564. The average Bonchev–Trinajstić information content (AvgIpc) is 3.35. The van der Waals surface area contributed by atoms with E-state index >= 15 is 0 Å². The topological polar surface area (TPSA) is 233 Å². The van der Waals surface area contributed by atoms with Crippen LogP contribution in [0.5, 0.6) is 23.0 Å². The third kappa shape index (κ3) is 7.58. The van der Waals surface area contributed by atoms with E-state index in [0.717, 1.165) is 0 Å². The number of methoxy groups -OCH3 is 3. The van der Waals surface area contributed by atoms with E-state index in [1.165, 1.54) is 57.7 Å². The Kier molecular flexibility index (Phi) is 11.4. The van der Waals surface area contributed by atoms with E-state index < -0.39 is 87.2 Å². The minimum Gasteiger partial charge on any atom is -0.493 e. The van der Waals surface area contributed by atoms with Crippen LogP contribution >= 0.6 is 0 Å². The predicted molar refractivity (Wildman–Crippen MR) is 149 cm³/mol. The Morgan fingerprint density at radius 3 is 2.24 bits per heavy atom. The summed E-state index contributed by atoms with van der Waals surface area (Å²) in [5.41, 5.74) is -1.61. The number of hydrogen-bond donors (Lipinski definition) is 7. The summed E-state index contributed by atoms with van der Waals surface area (Å²) >= 11 is 0. The summed E-state index contributed by atoms with van der Waals surface area (Å²) in [6, 6.07) is 8.58. The van der Waals surface area contributed by atoms with Crippen LogP contribution in [-0.2, 0) is 18.9 Å². The zero-order chi connectivity index (χ0) is 32.9. The fraction of sp³-hybridized carbons (Fsp3) is 0.552. The van der Waals surface area contributed by atoms with Gasteiger partial charge < -0.3 is 73.6 Å². The molecule has 0 saturated carbocycles. The first-order chi connectivity index (χ1) is 21.5. The maximum Gasteiger partial charge on any atom is 0.338 e. The second-order valence-electron chi connectivity index (χ2n) is 10.4. The van der Waals surface area contributed by atoms with Crippen LogP contribution in [0.4, 0.5) is 0 Å². The van der Waals surface area contributed by atoms with Gasteiger partial charge in [-0.3, -0.25) is 0 Å². The van der Waals surface area contributed by atoms with Crippen molar-refractivity contribution < 1.29 is 78.4 Å². The number of aliphatic hydroxyl groups is 7. The number of carbonyl (C=O) groups excluding carboxylic acids is 1. The van der Waals surface area contributed by atoms with Crippen LogP contribution < -0.4 is 18.9 Å². The van der Waals surface area contributed by atoms with Crippen molar-refractivity contribution in [3.8, 4) is 23.0 Å². The molecule has 2 saturated heterocycles. The van der Waals surface area contributed by atoms with Crippen molar-refractivity contribution in [1.29, 1.82) is 0 Å². The highest BCUT2D eigenvalue weighted by Gasteiger charge is 2.51. The van der Waals surface area contributed by atoms with Crippen molar-refractivity contribution in [3.63, 3.8) is 0 Å². The molecule has 0 radical (unpaired) electrons. The lowest BCUT2D eigenvalue weighted by atomic mass is 9.99. The van der Waals surface area contributed by atoms with Gasteiger partial charge in [0.15, 0.2) is 34.9 Å². The van der Waals surface area contributed by atoms with E-state index in [4.69, 9.17) is 37.9 Å². The van der Waals surface area contributed by atoms with E-state index in [2.05, 4.69) is 0 Å². The van der Waals surface area contributed by atoms with Crippen LogP contribution in [0.25, 0.3) is 0 Å². The SMILES string of the molecule is COc1ccc(C(=O)OC[C@@]2(O)CO[C@@H](OC[C@H]3O[C@@H](Oc4ccc(C(O)CO)cc4OC)[C@H](O)[C@@H](O)[C@@H]3O)[C@@H]2O)cc1OC. The standard InChI is InChI=1S/C29H38O16/c1-38-17-6-5-15(9-19(17)39-2)26(36)42-12-29(37)13-43-28(25(29)35)41-11-21-22(32)23(33)24(34)27(45-21)44-18-7-4-14(16(31)10-30)8-20(18)40-3/h4-9,16,21-25,27-28,30-35,37H,10-13H2,1-3H3/t16?,21-,22-,23+,24-,25+,27-,28-,29-/m1/s1. The fourth-order valence-electron chi connectivity index (χ4n) is 4.72. The molecule has 7 N–H and O–H groups in total. The summed E-state index contributed by atoms with van der Waals surface area (Å²) < 4.78 is 43.0. The molecule has 16 heteroatoms. The normalized spacial score (nSPS) is 30.4. The third-order valence-corrected chi connectivity index (χ3v) is 7.46. The van der Waals surface area contributed by atoms with E-state index in [-0.39, 0.29) is 22.8 Å². The number of benzene rings is 2. The van der Waals surface area contributed by atoms with E-state index in [1.54, 1.807) is 0 Å². The molecule has 1 unspecified atom stereocenters. The first-order valence-corrected chi connectivity index (χ1v) is 13.8.